The lowest BCUT2D eigenvalue weighted by molar-refractivity contribution is -0.109. The fraction of sp³-hybridized carbons (Fsp3) is 0.350. The molecule has 3 rings (SSSR count). The third-order valence-electron chi connectivity index (χ3n) is 4.79. The van der Waals surface area contributed by atoms with E-state index in [4.69, 9.17) is 11.6 Å². The molecule has 2 unspecified atom stereocenters. The van der Waals surface area contributed by atoms with Gasteiger partial charge in [-0.15, -0.1) is 0 Å². The van der Waals surface area contributed by atoms with Gasteiger partial charge in [-0.05, 0) is 48.1 Å². The zero-order valence-electron chi connectivity index (χ0n) is 13.2. The molecular formula is C20H22ClNO. The first-order valence-electron chi connectivity index (χ1n) is 8.21. The molecule has 0 radical (unpaired) electrons. The molecule has 23 heavy (non-hydrogen) atoms. The summed E-state index contributed by atoms with van der Waals surface area (Å²) in [6, 6.07) is 18.7. The summed E-state index contributed by atoms with van der Waals surface area (Å²) in [6.45, 7) is 3.02. The van der Waals surface area contributed by atoms with Crippen LogP contribution in [0.2, 0.25) is 5.02 Å². The minimum absolute atomic E-state index is 0.398. The van der Waals surface area contributed by atoms with Gasteiger partial charge in [0, 0.05) is 24.5 Å². The Morgan fingerprint density at radius 1 is 1.09 bits per heavy atom. The van der Waals surface area contributed by atoms with E-state index in [0.717, 1.165) is 37.4 Å². The van der Waals surface area contributed by atoms with Crippen molar-refractivity contribution in [1.82, 2.24) is 4.90 Å². The molecule has 1 saturated heterocycles. The minimum atomic E-state index is 0.398. The summed E-state index contributed by atoms with van der Waals surface area (Å²) in [4.78, 5) is 13.5. The lowest BCUT2D eigenvalue weighted by Gasteiger charge is -2.38. The number of aldehydes is 1. The van der Waals surface area contributed by atoms with Gasteiger partial charge in [-0.3, -0.25) is 4.90 Å². The maximum absolute atomic E-state index is 11.0. The first-order chi connectivity index (χ1) is 11.3. The van der Waals surface area contributed by atoms with E-state index < -0.39 is 0 Å². The highest BCUT2D eigenvalue weighted by molar-refractivity contribution is 6.30. The van der Waals surface area contributed by atoms with Gasteiger partial charge in [-0.1, -0.05) is 54.1 Å². The molecule has 1 aliphatic heterocycles. The quantitative estimate of drug-likeness (QED) is 0.752. The summed E-state index contributed by atoms with van der Waals surface area (Å²) in [7, 11) is 0. The third-order valence-corrected chi connectivity index (χ3v) is 5.04. The van der Waals surface area contributed by atoms with E-state index in [1.54, 1.807) is 0 Å². The summed E-state index contributed by atoms with van der Waals surface area (Å²) in [5, 5.41) is 0.762. The Balaban J connectivity index is 1.75. The Morgan fingerprint density at radius 3 is 2.52 bits per heavy atom. The number of carbonyl (C=O) groups is 1. The van der Waals surface area contributed by atoms with Crippen molar-refractivity contribution in [2.75, 3.05) is 13.1 Å². The number of carbonyl (C=O) groups excluding carboxylic acids is 1. The fourth-order valence-corrected chi connectivity index (χ4v) is 3.67. The molecule has 2 atom stereocenters. The average molecular weight is 328 g/mol. The number of piperidine rings is 1. The van der Waals surface area contributed by atoms with Crippen molar-refractivity contribution < 1.29 is 4.79 Å². The molecule has 120 valence electrons. The van der Waals surface area contributed by atoms with E-state index in [1.807, 2.05) is 12.1 Å². The fourth-order valence-electron chi connectivity index (χ4n) is 3.55. The van der Waals surface area contributed by atoms with Crippen LogP contribution in [0.4, 0.5) is 0 Å². The predicted octanol–water partition coefficient (Wildman–Crippen LogP) is 4.53. The molecule has 1 fully saturated rings. The van der Waals surface area contributed by atoms with Crippen LogP contribution in [0.25, 0.3) is 0 Å². The number of halogens is 1. The van der Waals surface area contributed by atoms with Crippen molar-refractivity contribution in [3.05, 3.63) is 70.7 Å². The summed E-state index contributed by atoms with van der Waals surface area (Å²) < 4.78 is 0. The largest absolute Gasteiger partial charge is 0.303 e. The van der Waals surface area contributed by atoms with Gasteiger partial charge in [-0.2, -0.15) is 0 Å². The van der Waals surface area contributed by atoms with Gasteiger partial charge < -0.3 is 4.79 Å². The van der Waals surface area contributed by atoms with Gasteiger partial charge in [0.2, 0.25) is 0 Å². The van der Waals surface area contributed by atoms with Crippen LogP contribution in [0.5, 0.6) is 0 Å². The normalized spacial score (nSPS) is 22.0. The molecule has 0 aromatic heterocycles. The molecule has 2 aromatic carbocycles. The van der Waals surface area contributed by atoms with E-state index in [0.29, 0.717) is 18.3 Å². The smallest absolute Gasteiger partial charge is 0.120 e. The van der Waals surface area contributed by atoms with Gasteiger partial charge >= 0.3 is 0 Å². The first-order valence-corrected chi connectivity index (χ1v) is 8.59. The summed E-state index contributed by atoms with van der Waals surface area (Å²) in [5.41, 5.74) is 2.63. The Kier molecular flexibility index (Phi) is 5.47. The van der Waals surface area contributed by atoms with Crippen molar-refractivity contribution >= 4 is 17.9 Å². The predicted molar refractivity (Wildman–Crippen MR) is 94.7 cm³/mol. The van der Waals surface area contributed by atoms with E-state index in [-0.39, 0.29) is 0 Å². The maximum Gasteiger partial charge on any atom is 0.120 e. The van der Waals surface area contributed by atoms with Crippen molar-refractivity contribution in [3.63, 3.8) is 0 Å². The maximum atomic E-state index is 11.0. The van der Waals surface area contributed by atoms with Gasteiger partial charge in [0.1, 0.15) is 6.29 Å². The number of rotatable bonds is 5. The Bertz CT molecular complexity index is 626. The number of benzene rings is 2. The number of hydrogen-bond donors (Lipinski definition) is 0. The van der Waals surface area contributed by atoms with E-state index in [2.05, 4.69) is 47.4 Å². The Labute approximate surface area is 143 Å². The van der Waals surface area contributed by atoms with Crippen LogP contribution in [-0.4, -0.2) is 24.3 Å². The van der Waals surface area contributed by atoms with Crippen LogP contribution >= 0.6 is 11.6 Å². The number of hydrogen-bond acceptors (Lipinski definition) is 2. The topological polar surface area (TPSA) is 20.3 Å². The van der Waals surface area contributed by atoms with Crippen molar-refractivity contribution in [1.29, 1.82) is 0 Å². The van der Waals surface area contributed by atoms with Crippen LogP contribution in [-0.2, 0) is 11.3 Å². The second kappa shape index (κ2) is 7.76. The standard InChI is InChI=1S/C20H22ClNO/c21-19-8-6-17(7-9-19)20-15-22(12-10-18(20)11-13-23)14-16-4-2-1-3-5-16/h1-9,13,18,20H,10-12,14-15H2. The lowest BCUT2D eigenvalue weighted by atomic mass is 9.79. The van der Waals surface area contributed by atoms with E-state index in [1.165, 1.54) is 11.1 Å². The summed E-state index contributed by atoms with van der Waals surface area (Å²) in [6.07, 6.45) is 2.78. The third kappa shape index (κ3) is 4.21. The molecular weight excluding hydrogens is 306 g/mol. The molecule has 2 nitrogen and oxygen atoms in total. The zero-order valence-corrected chi connectivity index (χ0v) is 14.0. The van der Waals surface area contributed by atoms with Crippen LogP contribution in [0.3, 0.4) is 0 Å². The van der Waals surface area contributed by atoms with Crippen molar-refractivity contribution in [3.8, 4) is 0 Å². The summed E-state index contributed by atoms with van der Waals surface area (Å²) >= 11 is 6.02. The van der Waals surface area contributed by atoms with Crippen molar-refractivity contribution in [2.45, 2.75) is 25.3 Å². The zero-order chi connectivity index (χ0) is 16.1. The highest BCUT2D eigenvalue weighted by atomic mass is 35.5. The lowest BCUT2D eigenvalue weighted by Crippen LogP contribution is -2.39. The molecule has 3 heteroatoms. The molecule has 0 amide bonds. The second-order valence-electron chi connectivity index (χ2n) is 6.33. The molecule has 1 heterocycles. The number of nitrogens with zero attached hydrogens (tertiary/aromatic N) is 1. The summed E-state index contributed by atoms with van der Waals surface area (Å²) in [5.74, 6) is 0.829. The van der Waals surface area contributed by atoms with Gasteiger partial charge in [0.05, 0.1) is 0 Å². The molecule has 0 bridgehead atoms. The van der Waals surface area contributed by atoms with Gasteiger partial charge in [-0.25, -0.2) is 0 Å². The minimum Gasteiger partial charge on any atom is -0.303 e. The highest BCUT2D eigenvalue weighted by Crippen LogP contribution is 2.35. The molecule has 2 aromatic rings. The Morgan fingerprint density at radius 2 is 1.83 bits per heavy atom. The average Bonchev–Trinajstić information content (AvgIpc) is 2.58. The van der Waals surface area contributed by atoms with Gasteiger partial charge in [0.15, 0.2) is 0 Å². The molecule has 1 aliphatic rings. The van der Waals surface area contributed by atoms with E-state index >= 15 is 0 Å². The first kappa shape index (κ1) is 16.2. The van der Waals surface area contributed by atoms with E-state index in [9.17, 15) is 4.79 Å². The molecule has 0 spiro atoms. The van der Waals surface area contributed by atoms with Crippen LogP contribution in [0.1, 0.15) is 29.9 Å². The molecule has 0 saturated carbocycles. The van der Waals surface area contributed by atoms with Gasteiger partial charge in [0.25, 0.3) is 0 Å². The highest BCUT2D eigenvalue weighted by Gasteiger charge is 2.30. The van der Waals surface area contributed by atoms with Crippen LogP contribution < -0.4 is 0 Å². The second-order valence-corrected chi connectivity index (χ2v) is 6.77. The Hall–Kier alpha value is -1.64. The monoisotopic (exact) mass is 327 g/mol. The molecule has 0 aliphatic carbocycles. The van der Waals surface area contributed by atoms with Crippen molar-refractivity contribution in [2.24, 2.45) is 5.92 Å². The van der Waals surface area contributed by atoms with Crippen LogP contribution in [0.15, 0.2) is 54.6 Å². The number of likely N-dealkylation sites (tertiary alicyclic amines) is 1. The van der Waals surface area contributed by atoms with Crippen LogP contribution in [0, 0.1) is 5.92 Å². The SMILES string of the molecule is O=CCC1CCN(Cc2ccccc2)CC1c1ccc(Cl)cc1. The molecule has 0 N–H and O–H groups in total.